The number of nitrogens with one attached hydrogen (secondary N) is 1. The zero-order valence-corrected chi connectivity index (χ0v) is 11.6. The molecular formula is C15H21N3O2. The number of hydrogen-bond acceptors (Lipinski definition) is 3. The van der Waals surface area contributed by atoms with Crippen LogP contribution in [0.2, 0.25) is 0 Å². The lowest BCUT2D eigenvalue weighted by Gasteiger charge is -2.23. The predicted molar refractivity (Wildman–Crippen MR) is 77.9 cm³/mol. The van der Waals surface area contributed by atoms with Crippen molar-refractivity contribution in [2.24, 2.45) is 10.7 Å². The summed E-state index contributed by atoms with van der Waals surface area (Å²) >= 11 is 0. The van der Waals surface area contributed by atoms with Crippen molar-refractivity contribution in [3.8, 4) is 11.5 Å². The van der Waals surface area contributed by atoms with Crippen LogP contribution in [-0.2, 0) is 6.54 Å². The van der Waals surface area contributed by atoms with Gasteiger partial charge in [-0.05, 0) is 18.9 Å². The van der Waals surface area contributed by atoms with Gasteiger partial charge in [-0.2, -0.15) is 0 Å². The van der Waals surface area contributed by atoms with Crippen molar-refractivity contribution >= 4 is 5.96 Å². The number of guanidine groups is 1. The zero-order valence-electron chi connectivity index (χ0n) is 11.6. The van der Waals surface area contributed by atoms with Gasteiger partial charge in [-0.25, -0.2) is 4.99 Å². The molecule has 0 spiro atoms. The van der Waals surface area contributed by atoms with Gasteiger partial charge >= 0.3 is 0 Å². The molecule has 5 heteroatoms. The van der Waals surface area contributed by atoms with Gasteiger partial charge in [-0.15, -0.1) is 0 Å². The maximum atomic E-state index is 5.96. The molecule has 0 amide bonds. The van der Waals surface area contributed by atoms with Crippen molar-refractivity contribution in [3.05, 3.63) is 23.8 Å². The highest BCUT2D eigenvalue weighted by Crippen LogP contribution is 2.35. The highest BCUT2D eigenvalue weighted by molar-refractivity contribution is 5.78. The quantitative estimate of drug-likeness (QED) is 0.655. The first-order chi connectivity index (χ1) is 9.83. The number of para-hydroxylation sites is 1. The van der Waals surface area contributed by atoms with E-state index in [1.54, 1.807) is 0 Å². The van der Waals surface area contributed by atoms with Crippen LogP contribution >= 0.6 is 0 Å². The van der Waals surface area contributed by atoms with Crippen LogP contribution in [0.15, 0.2) is 23.2 Å². The summed E-state index contributed by atoms with van der Waals surface area (Å²) in [5, 5.41) is 3.31. The summed E-state index contributed by atoms with van der Waals surface area (Å²) in [6.07, 6.45) is 6.27. The third-order valence-corrected chi connectivity index (χ3v) is 3.86. The largest absolute Gasteiger partial charge is 0.454 e. The summed E-state index contributed by atoms with van der Waals surface area (Å²) < 4.78 is 10.8. The topological polar surface area (TPSA) is 68.9 Å². The van der Waals surface area contributed by atoms with E-state index < -0.39 is 0 Å². The average molecular weight is 275 g/mol. The van der Waals surface area contributed by atoms with E-state index in [0.29, 0.717) is 18.5 Å². The minimum Gasteiger partial charge on any atom is -0.454 e. The van der Waals surface area contributed by atoms with Crippen molar-refractivity contribution < 1.29 is 9.47 Å². The van der Waals surface area contributed by atoms with E-state index in [1.165, 1.54) is 32.1 Å². The highest BCUT2D eigenvalue weighted by Gasteiger charge is 2.17. The van der Waals surface area contributed by atoms with Crippen LogP contribution in [0.1, 0.15) is 37.7 Å². The van der Waals surface area contributed by atoms with Crippen LogP contribution in [0.4, 0.5) is 0 Å². The molecule has 1 aromatic carbocycles. The fraction of sp³-hybridized carbons (Fsp3) is 0.533. The standard InChI is InChI=1S/C15H21N3O2/c16-15(18-12-6-2-1-3-7-12)17-9-11-5-4-8-13-14(11)20-10-19-13/h4-5,8,12H,1-3,6-7,9-10H2,(H3,16,17,18). The average Bonchev–Trinajstić information content (AvgIpc) is 2.95. The Morgan fingerprint density at radius 2 is 2.10 bits per heavy atom. The summed E-state index contributed by atoms with van der Waals surface area (Å²) in [5.74, 6) is 2.10. The van der Waals surface area contributed by atoms with E-state index in [1.807, 2.05) is 18.2 Å². The number of rotatable bonds is 3. The van der Waals surface area contributed by atoms with Crippen molar-refractivity contribution in [2.45, 2.75) is 44.7 Å². The molecule has 1 aromatic rings. The molecule has 2 aliphatic rings. The summed E-state index contributed by atoms with van der Waals surface area (Å²) in [5.41, 5.74) is 6.97. The second-order valence-corrected chi connectivity index (χ2v) is 5.33. The second kappa shape index (κ2) is 6.03. The first-order valence-corrected chi connectivity index (χ1v) is 7.27. The maximum absolute atomic E-state index is 5.96. The minimum absolute atomic E-state index is 0.284. The first-order valence-electron chi connectivity index (χ1n) is 7.27. The lowest BCUT2D eigenvalue weighted by atomic mass is 9.96. The molecule has 0 atom stereocenters. The Balaban J connectivity index is 1.60. The molecule has 108 valence electrons. The Kier molecular flexibility index (Phi) is 3.95. The summed E-state index contributed by atoms with van der Waals surface area (Å²) in [7, 11) is 0. The van der Waals surface area contributed by atoms with Crippen LogP contribution in [0.25, 0.3) is 0 Å². The third-order valence-electron chi connectivity index (χ3n) is 3.86. The van der Waals surface area contributed by atoms with Crippen LogP contribution in [0.3, 0.4) is 0 Å². The van der Waals surface area contributed by atoms with Crippen LogP contribution in [-0.4, -0.2) is 18.8 Å². The van der Waals surface area contributed by atoms with E-state index >= 15 is 0 Å². The third kappa shape index (κ3) is 2.98. The fourth-order valence-corrected chi connectivity index (χ4v) is 2.79. The summed E-state index contributed by atoms with van der Waals surface area (Å²) in [6, 6.07) is 6.32. The lowest BCUT2D eigenvalue weighted by Crippen LogP contribution is -2.41. The van der Waals surface area contributed by atoms with Gasteiger partial charge in [0.2, 0.25) is 6.79 Å². The molecular weight excluding hydrogens is 254 g/mol. The number of nitrogens with two attached hydrogens (primary N) is 1. The van der Waals surface area contributed by atoms with Crippen molar-refractivity contribution in [1.29, 1.82) is 0 Å². The molecule has 0 aromatic heterocycles. The number of aliphatic imine (C=N–C) groups is 1. The van der Waals surface area contributed by atoms with Gasteiger partial charge in [0.05, 0.1) is 6.54 Å². The van der Waals surface area contributed by atoms with Gasteiger partial charge in [0.15, 0.2) is 17.5 Å². The van der Waals surface area contributed by atoms with Gasteiger partial charge in [0.25, 0.3) is 0 Å². The molecule has 3 N–H and O–H groups in total. The lowest BCUT2D eigenvalue weighted by molar-refractivity contribution is 0.173. The smallest absolute Gasteiger partial charge is 0.231 e. The van der Waals surface area contributed by atoms with E-state index in [4.69, 9.17) is 15.2 Å². The second-order valence-electron chi connectivity index (χ2n) is 5.33. The fourth-order valence-electron chi connectivity index (χ4n) is 2.79. The Morgan fingerprint density at radius 1 is 1.25 bits per heavy atom. The van der Waals surface area contributed by atoms with Gasteiger partial charge in [0.1, 0.15) is 0 Å². The van der Waals surface area contributed by atoms with Gasteiger partial charge in [-0.1, -0.05) is 31.4 Å². The van der Waals surface area contributed by atoms with E-state index in [2.05, 4.69) is 10.3 Å². The number of nitrogens with zero attached hydrogens (tertiary/aromatic N) is 1. The Hall–Kier alpha value is -1.91. The van der Waals surface area contributed by atoms with E-state index in [9.17, 15) is 0 Å². The van der Waals surface area contributed by atoms with Crippen molar-refractivity contribution in [2.75, 3.05) is 6.79 Å². The Morgan fingerprint density at radius 3 is 2.95 bits per heavy atom. The van der Waals surface area contributed by atoms with Crippen LogP contribution in [0, 0.1) is 0 Å². The highest BCUT2D eigenvalue weighted by atomic mass is 16.7. The minimum atomic E-state index is 0.284. The van der Waals surface area contributed by atoms with Crippen LogP contribution < -0.4 is 20.5 Å². The van der Waals surface area contributed by atoms with Crippen molar-refractivity contribution in [3.63, 3.8) is 0 Å². The molecule has 1 aliphatic heterocycles. The molecule has 20 heavy (non-hydrogen) atoms. The summed E-state index contributed by atoms with van der Waals surface area (Å²) in [4.78, 5) is 4.41. The van der Waals surface area contributed by atoms with E-state index in [0.717, 1.165) is 17.1 Å². The molecule has 0 radical (unpaired) electrons. The number of hydrogen-bond donors (Lipinski definition) is 2. The number of fused-ring (bicyclic) bond motifs is 1. The first kappa shape index (κ1) is 13.1. The number of benzene rings is 1. The molecule has 1 aliphatic carbocycles. The Bertz CT molecular complexity index is 496. The molecule has 5 nitrogen and oxygen atoms in total. The predicted octanol–water partition coefficient (Wildman–Crippen LogP) is 2.15. The maximum Gasteiger partial charge on any atom is 0.231 e. The molecule has 0 saturated heterocycles. The molecule has 0 unspecified atom stereocenters. The summed E-state index contributed by atoms with van der Waals surface area (Å²) in [6.45, 7) is 0.796. The monoisotopic (exact) mass is 275 g/mol. The van der Waals surface area contributed by atoms with Gasteiger partial charge in [-0.3, -0.25) is 0 Å². The molecule has 1 fully saturated rings. The van der Waals surface area contributed by atoms with Gasteiger partial charge < -0.3 is 20.5 Å². The molecule has 1 saturated carbocycles. The SMILES string of the molecule is NC(=NCc1cccc2c1OCO2)NC1CCCCC1. The number of ether oxygens (including phenoxy) is 2. The van der Waals surface area contributed by atoms with Crippen molar-refractivity contribution in [1.82, 2.24) is 5.32 Å². The van der Waals surface area contributed by atoms with Gasteiger partial charge in [0, 0.05) is 11.6 Å². The Labute approximate surface area is 119 Å². The molecule has 1 heterocycles. The normalized spacial score (nSPS) is 19.1. The molecule has 3 rings (SSSR count). The van der Waals surface area contributed by atoms with Crippen LogP contribution in [0.5, 0.6) is 11.5 Å². The zero-order chi connectivity index (χ0) is 13.8. The molecule has 0 bridgehead atoms. The van der Waals surface area contributed by atoms with E-state index in [-0.39, 0.29) is 6.79 Å².